The number of ether oxygens (including phenoxy) is 1. The van der Waals surface area contributed by atoms with E-state index in [0.717, 1.165) is 32.7 Å². The van der Waals surface area contributed by atoms with Gasteiger partial charge in [-0.15, -0.1) is 0 Å². The van der Waals surface area contributed by atoms with Crippen molar-refractivity contribution in [1.82, 2.24) is 4.90 Å². The Morgan fingerprint density at radius 3 is 2.87 bits per heavy atom. The second kappa shape index (κ2) is 6.08. The van der Waals surface area contributed by atoms with Gasteiger partial charge in [0, 0.05) is 13.2 Å². The maximum absolute atomic E-state index is 11.0. The summed E-state index contributed by atoms with van der Waals surface area (Å²) in [6.45, 7) is 7.18. The number of nitrogens with zero attached hydrogens (tertiary/aromatic N) is 1. The van der Waals surface area contributed by atoms with Crippen LogP contribution in [0.3, 0.4) is 0 Å². The van der Waals surface area contributed by atoms with Gasteiger partial charge in [-0.1, -0.05) is 6.92 Å². The van der Waals surface area contributed by atoms with Crippen LogP contribution >= 0.6 is 0 Å². The summed E-state index contributed by atoms with van der Waals surface area (Å²) in [6.07, 6.45) is 1.74. The third-order valence-electron chi connectivity index (χ3n) is 2.99. The summed E-state index contributed by atoms with van der Waals surface area (Å²) in [6, 6.07) is -0.309. The molecule has 0 unspecified atom stereocenters. The van der Waals surface area contributed by atoms with Crippen molar-refractivity contribution in [3.63, 3.8) is 0 Å². The minimum atomic E-state index is -0.699. The van der Waals surface area contributed by atoms with Gasteiger partial charge in [-0.25, -0.2) is 0 Å². The minimum absolute atomic E-state index is 0.309. The van der Waals surface area contributed by atoms with Gasteiger partial charge in [0.05, 0.1) is 6.61 Å². The second-order valence-electron chi connectivity index (χ2n) is 4.07. The van der Waals surface area contributed by atoms with Crippen molar-refractivity contribution in [3.05, 3.63) is 0 Å². The van der Waals surface area contributed by atoms with E-state index in [4.69, 9.17) is 9.84 Å². The summed E-state index contributed by atoms with van der Waals surface area (Å²) in [7, 11) is 0. The van der Waals surface area contributed by atoms with Crippen molar-refractivity contribution in [2.24, 2.45) is 5.92 Å². The number of rotatable bonds is 6. The number of hydrogen-bond acceptors (Lipinski definition) is 3. The van der Waals surface area contributed by atoms with Crippen LogP contribution in [-0.4, -0.2) is 48.3 Å². The first-order valence-corrected chi connectivity index (χ1v) is 5.73. The van der Waals surface area contributed by atoms with E-state index >= 15 is 0 Å². The van der Waals surface area contributed by atoms with Gasteiger partial charge in [-0.05, 0) is 32.2 Å². The number of hydrogen-bond donors (Lipinski definition) is 1. The summed E-state index contributed by atoms with van der Waals surface area (Å²) in [5.41, 5.74) is 0. The predicted molar refractivity (Wildman–Crippen MR) is 57.9 cm³/mol. The van der Waals surface area contributed by atoms with Crippen molar-refractivity contribution >= 4 is 5.97 Å². The van der Waals surface area contributed by atoms with Gasteiger partial charge in [0.1, 0.15) is 6.04 Å². The molecule has 1 N–H and O–H groups in total. The van der Waals surface area contributed by atoms with Crippen LogP contribution in [0.4, 0.5) is 0 Å². The lowest BCUT2D eigenvalue weighted by Gasteiger charge is -2.22. The van der Waals surface area contributed by atoms with Crippen molar-refractivity contribution < 1.29 is 14.6 Å². The molecule has 88 valence electrons. The van der Waals surface area contributed by atoms with E-state index in [0.29, 0.717) is 12.3 Å². The quantitative estimate of drug-likeness (QED) is 0.723. The fraction of sp³-hybridized carbons (Fsp3) is 0.909. The van der Waals surface area contributed by atoms with Crippen molar-refractivity contribution in [2.45, 2.75) is 32.7 Å². The summed E-state index contributed by atoms with van der Waals surface area (Å²) in [5.74, 6) is -0.187. The fourth-order valence-corrected chi connectivity index (χ4v) is 2.16. The fourth-order valence-electron chi connectivity index (χ4n) is 2.16. The predicted octanol–water partition coefficient (Wildman–Crippen LogP) is 1.21. The zero-order valence-electron chi connectivity index (χ0n) is 9.61. The number of carboxylic acid groups (broad SMARTS) is 1. The third kappa shape index (κ3) is 3.47. The average Bonchev–Trinajstić information content (AvgIpc) is 2.64. The number of carbonyl (C=O) groups is 1. The van der Waals surface area contributed by atoms with Gasteiger partial charge >= 0.3 is 5.97 Å². The molecule has 4 nitrogen and oxygen atoms in total. The maximum atomic E-state index is 11.0. The number of aliphatic carboxylic acids is 1. The molecule has 1 heterocycles. The lowest BCUT2D eigenvalue weighted by Crippen LogP contribution is -2.39. The van der Waals surface area contributed by atoms with E-state index < -0.39 is 5.97 Å². The van der Waals surface area contributed by atoms with Gasteiger partial charge in [-0.3, -0.25) is 9.69 Å². The highest BCUT2D eigenvalue weighted by molar-refractivity contribution is 5.73. The lowest BCUT2D eigenvalue weighted by atomic mass is 10.1. The molecule has 1 aliphatic heterocycles. The molecule has 0 spiro atoms. The maximum Gasteiger partial charge on any atom is 0.320 e. The van der Waals surface area contributed by atoms with Crippen molar-refractivity contribution in [2.75, 3.05) is 26.3 Å². The molecule has 1 saturated heterocycles. The number of likely N-dealkylation sites (tertiary alicyclic amines) is 1. The molecule has 0 aromatic rings. The van der Waals surface area contributed by atoms with Gasteiger partial charge in [0.15, 0.2) is 0 Å². The Morgan fingerprint density at radius 2 is 2.33 bits per heavy atom. The molecule has 0 amide bonds. The molecule has 15 heavy (non-hydrogen) atoms. The first-order chi connectivity index (χ1) is 7.19. The molecule has 0 bridgehead atoms. The Bertz CT molecular complexity index is 208. The van der Waals surface area contributed by atoms with E-state index in [2.05, 4.69) is 4.90 Å². The molecule has 0 saturated carbocycles. The summed E-state index contributed by atoms with van der Waals surface area (Å²) in [5, 5.41) is 9.02. The van der Waals surface area contributed by atoms with E-state index in [9.17, 15) is 4.79 Å². The molecule has 4 heteroatoms. The van der Waals surface area contributed by atoms with Crippen LogP contribution in [0.1, 0.15) is 26.7 Å². The monoisotopic (exact) mass is 215 g/mol. The van der Waals surface area contributed by atoms with Crippen LogP contribution in [0.2, 0.25) is 0 Å². The molecular formula is C11H21NO3. The molecule has 0 radical (unpaired) electrons. The molecule has 0 aromatic heterocycles. The zero-order chi connectivity index (χ0) is 11.3. The Labute approximate surface area is 91.2 Å². The normalized spacial score (nSPS) is 24.3. The van der Waals surface area contributed by atoms with Gasteiger partial charge in [0.25, 0.3) is 0 Å². The Kier molecular flexibility index (Phi) is 5.05. The zero-order valence-corrected chi connectivity index (χ0v) is 9.61. The molecule has 2 atom stereocenters. The first kappa shape index (κ1) is 12.5. The average molecular weight is 215 g/mol. The lowest BCUT2D eigenvalue weighted by molar-refractivity contribution is -0.143. The number of carboxylic acids is 1. The second-order valence-corrected chi connectivity index (χ2v) is 4.07. The van der Waals surface area contributed by atoms with Gasteiger partial charge in [0.2, 0.25) is 0 Å². The summed E-state index contributed by atoms with van der Waals surface area (Å²) in [4.78, 5) is 13.0. The highest BCUT2D eigenvalue weighted by Gasteiger charge is 2.30. The van der Waals surface area contributed by atoms with E-state index in [1.54, 1.807) is 0 Å². The van der Waals surface area contributed by atoms with Crippen molar-refractivity contribution in [1.29, 1.82) is 0 Å². The van der Waals surface area contributed by atoms with Crippen LogP contribution < -0.4 is 0 Å². The molecule has 1 rings (SSSR count). The van der Waals surface area contributed by atoms with Crippen LogP contribution in [0.5, 0.6) is 0 Å². The van der Waals surface area contributed by atoms with E-state index in [1.165, 1.54) is 0 Å². The van der Waals surface area contributed by atoms with Crippen LogP contribution in [0, 0.1) is 5.92 Å². The SMILES string of the molecule is CCOC[C@H]1CCN([C@@H](CC)C(=O)O)C1. The highest BCUT2D eigenvalue weighted by Crippen LogP contribution is 2.20. The topological polar surface area (TPSA) is 49.8 Å². The summed E-state index contributed by atoms with van der Waals surface area (Å²) < 4.78 is 5.37. The molecule has 0 aliphatic carbocycles. The smallest absolute Gasteiger partial charge is 0.320 e. The largest absolute Gasteiger partial charge is 0.480 e. The van der Waals surface area contributed by atoms with Gasteiger partial charge in [-0.2, -0.15) is 0 Å². The molecular weight excluding hydrogens is 194 g/mol. The molecule has 0 aromatic carbocycles. The first-order valence-electron chi connectivity index (χ1n) is 5.73. The van der Waals surface area contributed by atoms with Crippen LogP contribution in [0.15, 0.2) is 0 Å². The Balaban J connectivity index is 2.37. The Morgan fingerprint density at radius 1 is 1.60 bits per heavy atom. The van der Waals surface area contributed by atoms with E-state index in [-0.39, 0.29) is 6.04 Å². The minimum Gasteiger partial charge on any atom is -0.480 e. The third-order valence-corrected chi connectivity index (χ3v) is 2.99. The van der Waals surface area contributed by atoms with Crippen LogP contribution in [0.25, 0.3) is 0 Å². The van der Waals surface area contributed by atoms with Gasteiger partial charge < -0.3 is 9.84 Å². The van der Waals surface area contributed by atoms with E-state index in [1.807, 2.05) is 13.8 Å². The van der Waals surface area contributed by atoms with Crippen molar-refractivity contribution in [3.8, 4) is 0 Å². The molecule has 1 aliphatic rings. The highest BCUT2D eigenvalue weighted by atomic mass is 16.5. The summed E-state index contributed by atoms with van der Waals surface area (Å²) >= 11 is 0. The van der Waals surface area contributed by atoms with Crippen LogP contribution in [-0.2, 0) is 9.53 Å². The Hall–Kier alpha value is -0.610. The molecule has 1 fully saturated rings. The standard InChI is InChI=1S/C11H21NO3/c1-3-10(11(13)14)12-6-5-9(7-12)8-15-4-2/h9-10H,3-8H2,1-2H3,(H,13,14)/t9-,10-/m0/s1.